The van der Waals surface area contributed by atoms with Gasteiger partial charge in [0, 0.05) is 28.6 Å². The first-order chi connectivity index (χ1) is 14.0. The van der Waals surface area contributed by atoms with Crippen molar-refractivity contribution in [3.05, 3.63) is 46.6 Å². The van der Waals surface area contributed by atoms with Crippen LogP contribution in [0, 0.1) is 5.92 Å². The van der Waals surface area contributed by atoms with Gasteiger partial charge in [0.1, 0.15) is 11.7 Å². The van der Waals surface area contributed by atoms with Crippen molar-refractivity contribution >= 4 is 23.2 Å². The summed E-state index contributed by atoms with van der Waals surface area (Å²) in [6, 6.07) is 7.78. The van der Waals surface area contributed by atoms with E-state index in [0.717, 1.165) is 59.5 Å². The number of ether oxygens (including phenoxy) is 2. The molecule has 2 aromatic rings. The lowest BCUT2D eigenvalue weighted by molar-refractivity contribution is -0.146. The van der Waals surface area contributed by atoms with E-state index in [1.165, 1.54) is 0 Å². The number of aryl methyl sites for hydroxylation is 1. The third-order valence-electron chi connectivity index (χ3n) is 5.91. The second-order valence-electron chi connectivity index (χ2n) is 7.63. The number of nitrogens with zero attached hydrogens (tertiary/aromatic N) is 2. The standard InChI is InChI=1S/C23H27N3O3/c1-4-29-23(27)18-13(2)25-22-20(19(18)14-8-7-9-15(12-14)28-3)21(24)16-10-5-6-11-17(16)26-22/h7-9,12,18-19H,4-6,10-11H2,1-3H3,(H2,24,26). The molecule has 0 radical (unpaired) electrons. The number of hydrogen-bond donors (Lipinski definition) is 1. The number of anilines is 1. The number of fused-ring (bicyclic) bond motifs is 2. The molecule has 1 aromatic heterocycles. The molecule has 4 rings (SSSR count). The number of benzene rings is 1. The van der Waals surface area contributed by atoms with Gasteiger partial charge in [0.25, 0.3) is 0 Å². The van der Waals surface area contributed by atoms with E-state index in [9.17, 15) is 4.79 Å². The van der Waals surface area contributed by atoms with E-state index in [0.29, 0.717) is 18.1 Å². The van der Waals surface area contributed by atoms with Gasteiger partial charge in [-0.15, -0.1) is 0 Å². The van der Waals surface area contributed by atoms with E-state index in [1.807, 2.05) is 38.1 Å². The number of methoxy groups -OCH3 is 1. The Morgan fingerprint density at radius 1 is 1.28 bits per heavy atom. The monoisotopic (exact) mass is 393 g/mol. The Morgan fingerprint density at radius 2 is 2.07 bits per heavy atom. The minimum absolute atomic E-state index is 0.288. The number of carbonyl (C=O) groups is 1. The SMILES string of the molecule is CCOC(=O)C1C(C)=Nc2nc3c(c(N)c2C1c1cccc(OC)c1)CCCC3. The van der Waals surface area contributed by atoms with Crippen LogP contribution in [-0.2, 0) is 22.4 Å². The molecule has 2 atom stereocenters. The molecule has 1 aromatic carbocycles. The van der Waals surface area contributed by atoms with Crippen LogP contribution in [0.4, 0.5) is 11.5 Å². The third-order valence-corrected chi connectivity index (χ3v) is 5.91. The van der Waals surface area contributed by atoms with Crippen molar-refractivity contribution in [2.75, 3.05) is 19.5 Å². The fourth-order valence-corrected chi connectivity index (χ4v) is 4.54. The van der Waals surface area contributed by atoms with Crippen LogP contribution in [0.25, 0.3) is 0 Å². The van der Waals surface area contributed by atoms with Crippen LogP contribution < -0.4 is 10.5 Å². The highest BCUT2D eigenvalue weighted by Crippen LogP contribution is 2.47. The number of nitrogen functional groups attached to an aromatic ring is 1. The topological polar surface area (TPSA) is 86.8 Å². The summed E-state index contributed by atoms with van der Waals surface area (Å²) in [6.07, 6.45) is 4.06. The highest BCUT2D eigenvalue weighted by atomic mass is 16.5. The minimum atomic E-state index is -0.541. The molecule has 6 nitrogen and oxygen atoms in total. The fraction of sp³-hybridized carbons (Fsp3) is 0.435. The Bertz CT molecular complexity index is 984. The van der Waals surface area contributed by atoms with Gasteiger partial charge in [0.15, 0.2) is 5.82 Å². The van der Waals surface area contributed by atoms with E-state index in [1.54, 1.807) is 7.11 Å². The maximum atomic E-state index is 13.0. The van der Waals surface area contributed by atoms with Gasteiger partial charge >= 0.3 is 5.97 Å². The zero-order chi connectivity index (χ0) is 20.5. The van der Waals surface area contributed by atoms with Crippen molar-refractivity contribution < 1.29 is 14.3 Å². The quantitative estimate of drug-likeness (QED) is 0.794. The molecule has 0 bridgehead atoms. The number of nitrogens with two attached hydrogens (primary N) is 1. The molecule has 152 valence electrons. The summed E-state index contributed by atoms with van der Waals surface area (Å²) in [5.74, 6) is 0.228. The minimum Gasteiger partial charge on any atom is -0.497 e. The van der Waals surface area contributed by atoms with Crippen molar-refractivity contribution in [2.45, 2.75) is 45.4 Å². The Morgan fingerprint density at radius 3 is 2.83 bits per heavy atom. The van der Waals surface area contributed by atoms with Crippen LogP contribution in [0.1, 0.15) is 55.0 Å². The summed E-state index contributed by atoms with van der Waals surface area (Å²) in [6.45, 7) is 4.00. The number of rotatable bonds is 4. The summed E-state index contributed by atoms with van der Waals surface area (Å²) in [5, 5.41) is 0. The maximum absolute atomic E-state index is 13.0. The van der Waals surface area contributed by atoms with Gasteiger partial charge in [0.2, 0.25) is 0 Å². The first-order valence-corrected chi connectivity index (χ1v) is 10.2. The first-order valence-electron chi connectivity index (χ1n) is 10.2. The molecule has 0 amide bonds. The van der Waals surface area contributed by atoms with Crippen molar-refractivity contribution in [1.29, 1.82) is 0 Å². The Hall–Kier alpha value is -2.89. The van der Waals surface area contributed by atoms with Crippen molar-refractivity contribution in [1.82, 2.24) is 4.98 Å². The average Bonchev–Trinajstić information content (AvgIpc) is 2.73. The molecule has 0 spiro atoms. The number of carbonyl (C=O) groups excluding carboxylic acids is 1. The lowest BCUT2D eigenvalue weighted by Gasteiger charge is -2.33. The molecule has 0 fully saturated rings. The van der Waals surface area contributed by atoms with Gasteiger partial charge in [0.05, 0.1) is 13.7 Å². The van der Waals surface area contributed by atoms with Crippen molar-refractivity contribution in [3.8, 4) is 5.75 Å². The summed E-state index contributed by atoms with van der Waals surface area (Å²) in [5.41, 5.74) is 12.1. The molecule has 1 aliphatic carbocycles. The number of aromatic nitrogens is 1. The Balaban J connectivity index is 1.95. The maximum Gasteiger partial charge on any atom is 0.315 e. The molecule has 0 saturated carbocycles. The van der Waals surface area contributed by atoms with Crippen LogP contribution in [-0.4, -0.2) is 30.4 Å². The second-order valence-corrected chi connectivity index (χ2v) is 7.63. The molecule has 6 heteroatoms. The van der Waals surface area contributed by atoms with E-state index in [2.05, 4.69) is 0 Å². The van der Waals surface area contributed by atoms with Crippen LogP contribution in [0.15, 0.2) is 29.3 Å². The van der Waals surface area contributed by atoms with Gasteiger partial charge in [-0.3, -0.25) is 4.79 Å². The average molecular weight is 393 g/mol. The molecule has 2 heterocycles. The summed E-state index contributed by atoms with van der Waals surface area (Å²) in [4.78, 5) is 22.5. The van der Waals surface area contributed by atoms with Crippen molar-refractivity contribution in [3.63, 3.8) is 0 Å². The molecular formula is C23H27N3O3. The number of hydrogen-bond acceptors (Lipinski definition) is 6. The summed E-state index contributed by atoms with van der Waals surface area (Å²) in [7, 11) is 1.63. The third kappa shape index (κ3) is 3.37. The second kappa shape index (κ2) is 7.85. The Kier molecular flexibility index (Phi) is 5.26. The van der Waals surface area contributed by atoms with E-state index < -0.39 is 5.92 Å². The predicted octanol–water partition coefficient (Wildman–Crippen LogP) is 3.97. The number of esters is 1. The van der Waals surface area contributed by atoms with Gasteiger partial charge < -0.3 is 15.2 Å². The van der Waals surface area contributed by atoms with Crippen LogP contribution in [0.2, 0.25) is 0 Å². The normalized spacial score (nSPS) is 20.3. The summed E-state index contributed by atoms with van der Waals surface area (Å²) < 4.78 is 10.8. The van der Waals surface area contributed by atoms with Crippen molar-refractivity contribution in [2.24, 2.45) is 10.9 Å². The molecule has 29 heavy (non-hydrogen) atoms. The zero-order valence-electron chi connectivity index (χ0n) is 17.2. The predicted molar refractivity (Wildman–Crippen MR) is 113 cm³/mol. The van der Waals surface area contributed by atoms with Gasteiger partial charge in [-0.25, -0.2) is 9.98 Å². The first kappa shape index (κ1) is 19.4. The Labute approximate surface area is 171 Å². The molecule has 0 saturated heterocycles. The number of aliphatic imine (C=N–C) groups is 1. The van der Waals surface area contributed by atoms with Crippen LogP contribution >= 0.6 is 0 Å². The van der Waals surface area contributed by atoms with Crippen LogP contribution in [0.5, 0.6) is 5.75 Å². The molecule has 1 aliphatic heterocycles. The highest BCUT2D eigenvalue weighted by molar-refractivity contribution is 6.05. The fourth-order valence-electron chi connectivity index (χ4n) is 4.54. The smallest absolute Gasteiger partial charge is 0.315 e. The molecule has 2 unspecified atom stereocenters. The van der Waals surface area contributed by atoms with Crippen LogP contribution in [0.3, 0.4) is 0 Å². The van der Waals surface area contributed by atoms with Gasteiger partial charge in [-0.2, -0.15) is 0 Å². The molecule has 2 aliphatic rings. The van der Waals surface area contributed by atoms with Gasteiger partial charge in [-0.1, -0.05) is 12.1 Å². The lowest BCUT2D eigenvalue weighted by atomic mass is 9.75. The van der Waals surface area contributed by atoms with E-state index in [4.69, 9.17) is 25.2 Å². The lowest BCUT2D eigenvalue weighted by Crippen LogP contribution is -2.34. The number of pyridine rings is 1. The van der Waals surface area contributed by atoms with E-state index in [-0.39, 0.29) is 11.9 Å². The zero-order valence-corrected chi connectivity index (χ0v) is 17.2. The molecular weight excluding hydrogens is 366 g/mol. The molecule has 2 N–H and O–H groups in total. The summed E-state index contributed by atoms with van der Waals surface area (Å²) >= 11 is 0. The van der Waals surface area contributed by atoms with E-state index >= 15 is 0 Å². The largest absolute Gasteiger partial charge is 0.497 e. The van der Waals surface area contributed by atoms with Gasteiger partial charge in [-0.05, 0) is 62.8 Å². The highest BCUT2D eigenvalue weighted by Gasteiger charge is 2.41.